The lowest BCUT2D eigenvalue weighted by atomic mass is 10.0. The molecule has 2 nitrogen and oxygen atoms in total. The molecule has 0 saturated heterocycles. The fourth-order valence-electron chi connectivity index (χ4n) is 1.53. The number of rotatable bonds is 2. The van der Waals surface area contributed by atoms with Crippen LogP contribution in [0.25, 0.3) is 5.57 Å². The molecule has 2 rings (SSSR count). The highest BCUT2D eigenvalue weighted by Crippen LogP contribution is 2.36. The summed E-state index contributed by atoms with van der Waals surface area (Å²) >= 11 is 0. The highest BCUT2D eigenvalue weighted by molar-refractivity contribution is 5.68. The first-order valence-electron chi connectivity index (χ1n) is 4.66. The monoisotopic (exact) mass is 212 g/mol. The Morgan fingerprint density at radius 2 is 2.00 bits per heavy atom. The maximum absolute atomic E-state index is 12.5. The van der Waals surface area contributed by atoms with Gasteiger partial charge in [-0.25, -0.2) is 0 Å². The summed E-state index contributed by atoms with van der Waals surface area (Å²) in [5.74, 6) is 1.13. The van der Waals surface area contributed by atoms with Gasteiger partial charge in [-0.3, -0.25) is 0 Å². The molecule has 1 aromatic rings. The fraction of sp³-hybridized carbons (Fsp3) is 0.273. The zero-order valence-corrected chi connectivity index (χ0v) is 8.22. The van der Waals surface area contributed by atoms with Crippen molar-refractivity contribution in [2.75, 3.05) is 6.79 Å². The molecule has 0 bridgehead atoms. The predicted molar refractivity (Wildman–Crippen MR) is 52.0 cm³/mol. The Kier molecular flexibility index (Phi) is 2.58. The predicted octanol–water partition coefficient (Wildman–Crippen LogP) is 3.43. The van der Waals surface area contributed by atoms with Crippen molar-refractivity contribution in [1.82, 2.24) is 0 Å². The van der Waals surface area contributed by atoms with Crippen LogP contribution in [0.3, 0.4) is 0 Å². The molecule has 80 valence electrons. The second-order valence-corrected chi connectivity index (χ2v) is 3.16. The van der Waals surface area contributed by atoms with Crippen LogP contribution in [0, 0.1) is 0 Å². The van der Waals surface area contributed by atoms with Crippen LogP contribution in [-0.2, 0) is 0 Å². The molecule has 0 radical (unpaired) electrons. The van der Waals surface area contributed by atoms with Gasteiger partial charge in [0.1, 0.15) is 0 Å². The normalized spacial score (nSPS) is 12.7. The topological polar surface area (TPSA) is 18.5 Å². The Morgan fingerprint density at radius 3 is 2.67 bits per heavy atom. The highest BCUT2D eigenvalue weighted by Gasteiger charge is 2.15. The van der Waals surface area contributed by atoms with E-state index in [0.29, 0.717) is 23.5 Å². The molecule has 0 spiro atoms. The van der Waals surface area contributed by atoms with E-state index in [2.05, 4.69) is 0 Å². The van der Waals surface area contributed by atoms with E-state index in [1.807, 2.05) is 0 Å². The Balaban J connectivity index is 2.42. The van der Waals surface area contributed by atoms with Gasteiger partial charge in [-0.2, -0.15) is 8.78 Å². The summed E-state index contributed by atoms with van der Waals surface area (Å²) in [6, 6.07) is 4.85. The molecule has 15 heavy (non-hydrogen) atoms. The van der Waals surface area contributed by atoms with Crippen molar-refractivity contribution in [3.05, 3.63) is 29.8 Å². The van der Waals surface area contributed by atoms with Gasteiger partial charge in [0, 0.05) is 5.57 Å². The quantitative estimate of drug-likeness (QED) is 0.747. The van der Waals surface area contributed by atoms with Gasteiger partial charge in [0.15, 0.2) is 11.5 Å². The average Bonchev–Trinajstić information content (AvgIpc) is 2.65. The van der Waals surface area contributed by atoms with E-state index in [1.54, 1.807) is 25.1 Å². The van der Waals surface area contributed by atoms with Gasteiger partial charge in [0.05, 0.1) is 0 Å². The average molecular weight is 212 g/mol. The summed E-state index contributed by atoms with van der Waals surface area (Å²) in [7, 11) is 0. The zero-order valence-electron chi connectivity index (χ0n) is 8.22. The summed E-state index contributed by atoms with van der Waals surface area (Å²) in [5, 5.41) is 0. The summed E-state index contributed by atoms with van der Waals surface area (Å²) in [6.07, 6.45) is -1.35. The summed E-state index contributed by atoms with van der Waals surface area (Å²) in [6.45, 7) is 1.85. The van der Waals surface area contributed by atoms with Gasteiger partial charge in [0.25, 0.3) is 6.08 Å². The van der Waals surface area contributed by atoms with Gasteiger partial charge < -0.3 is 9.47 Å². The number of benzene rings is 1. The Labute approximate surface area is 86.1 Å². The molecule has 1 heterocycles. The third kappa shape index (κ3) is 1.79. The second-order valence-electron chi connectivity index (χ2n) is 3.16. The maximum atomic E-state index is 12.5. The number of fused-ring (bicyclic) bond motifs is 1. The van der Waals surface area contributed by atoms with Gasteiger partial charge in [-0.15, -0.1) is 0 Å². The van der Waals surface area contributed by atoms with Crippen LogP contribution < -0.4 is 9.47 Å². The van der Waals surface area contributed by atoms with Crippen LogP contribution in [0.15, 0.2) is 24.3 Å². The Hall–Kier alpha value is -1.58. The van der Waals surface area contributed by atoms with E-state index < -0.39 is 6.08 Å². The molecule has 1 aliphatic heterocycles. The largest absolute Gasteiger partial charge is 0.454 e. The molecule has 0 atom stereocenters. The molecule has 0 fully saturated rings. The molecule has 1 aliphatic rings. The SMILES string of the molecule is CCC(=C(F)F)c1ccc2c(c1)OCO2. The van der Waals surface area contributed by atoms with Crippen molar-refractivity contribution in [1.29, 1.82) is 0 Å². The van der Waals surface area contributed by atoms with Gasteiger partial charge in [-0.05, 0) is 24.1 Å². The molecule has 0 aromatic heterocycles. The van der Waals surface area contributed by atoms with Crippen LogP contribution in [0.2, 0.25) is 0 Å². The van der Waals surface area contributed by atoms with Crippen molar-refractivity contribution >= 4 is 5.57 Å². The van der Waals surface area contributed by atoms with E-state index in [0.717, 1.165) is 0 Å². The number of hydrogen-bond donors (Lipinski definition) is 0. The second kappa shape index (κ2) is 3.88. The molecule has 0 saturated carbocycles. The number of allylic oxidation sites excluding steroid dienone is 1. The lowest BCUT2D eigenvalue weighted by molar-refractivity contribution is 0.174. The number of hydrogen-bond acceptors (Lipinski definition) is 2. The number of halogens is 2. The van der Waals surface area contributed by atoms with Crippen molar-refractivity contribution in [3.8, 4) is 11.5 Å². The zero-order chi connectivity index (χ0) is 10.8. The third-order valence-electron chi connectivity index (χ3n) is 2.30. The van der Waals surface area contributed by atoms with Crippen LogP contribution >= 0.6 is 0 Å². The van der Waals surface area contributed by atoms with E-state index in [4.69, 9.17) is 9.47 Å². The van der Waals surface area contributed by atoms with Crippen molar-refractivity contribution in [2.24, 2.45) is 0 Å². The summed E-state index contributed by atoms with van der Waals surface area (Å²) in [4.78, 5) is 0. The van der Waals surface area contributed by atoms with Crippen molar-refractivity contribution in [3.63, 3.8) is 0 Å². The maximum Gasteiger partial charge on any atom is 0.274 e. The Bertz CT molecular complexity index is 409. The molecular formula is C11H10F2O2. The molecule has 0 N–H and O–H groups in total. The molecular weight excluding hydrogens is 202 g/mol. The first-order chi connectivity index (χ1) is 7.22. The van der Waals surface area contributed by atoms with E-state index in [-0.39, 0.29) is 12.4 Å². The molecule has 1 aromatic carbocycles. The van der Waals surface area contributed by atoms with Crippen LogP contribution in [-0.4, -0.2) is 6.79 Å². The first kappa shape index (κ1) is 9.96. The van der Waals surface area contributed by atoms with Crippen LogP contribution in [0.1, 0.15) is 18.9 Å². The molecule has 0 unspecified atom stereocenters. The molecule has 0 amide bonds. The van der Waals surface area contributed by atoms with Gasteiger partial charge in [-0.1, -0.05) is 13.0 Å². The van der Waals surface area contributed by atoms with Crippen LogP contribution in [0.4, 0.5) is 8.78 Å². The fourth-order valence-corrected chi connectivity index (χ4v) is 1.53. The van der Waals surface area contributed by atoms with E-state index in [9.17, 15) is 8.78 Å². The lowest BCUT2D eigenvalue weighted by Gasteiger charge is -2.04. The van der Waals surface area contributed by atoms with Crippen LogP contribution in [0.5, 0.6) is 11.5 Å². The molecule has 4 heteroatoms. The third-order valence-corrected chi connectivity index (χ3v) is 2.30. The minimum Gasteiger partial charge on any atom is -0.454 e. The van der Waals surface area contributed by atoms with E-state index in [1.165, 1.54) is 0 Å². The first-order valence-corrected chi connectivity index (χ1v) is 4.66. The summed E-state index contributed by atoms with van der Waals surface area (Å²) < 4.78 is 35.3. The Morgan fingerprint density at radius 1 is 1.27 bits per heavy atom. The van der Waals surface area contributed by atoms with Crippen molar-refractivity contribution in [2.45, 2.75) is 13.3 Å². The van der Waals surface area contributed by atoms with Gasteiger partial charge in [0.2, 0.25) is 6.79 Å². The smallest absolute Gasteiger partial charge is 0.274 e. The standard InChI is InChI=1S/C11H10F2O2/c1-2-8(11(12)13)7-3-4-9-10(5-7)15-6-14-9/h3-5H,2,6H2,1H3. The minimum absolute atomic E-state index is 0.0494. The lowest BCUT2D eigenvalue weighted by Crippen LogP contribution is -1.92. The van der Waals surface area contributed by atoms with E-state index >= 15 is 0 Å². The van der Waals surface area contributed by atoms with Gasteiger partial charge >= 0.3 is 0 Å². The van der Waals surface area contributed by atoms with Crippen molar-refractivity contribution < 1.29 is 18.3 Å². The highest BCUT2D eigenvalue weighted by atomic mass is 19.3. The molecule has 0 aliphatic carbocycles. The number of ether oxygens (including phenoxy) is 2. The minimum atomic E-state index is -1.64. The summed E-state index contributed by atoms with van der Waals surface area (Å²) in [5.41, 5.74) is 0.537.